The van der Waals surface area contributed by atoms with E-state index in [0.717, 1.165) is 24.2 Å². The van der Waals surface area contributed by atoms with Gasteiger partial charge in [0.15, 0.2) is 0 Å². The van der Waals surface area contributed by atoms with Crippen molar-refractivity contribution in [3.8, 4) is 0 Å². The Bertz CT molecular complexity index is 663. The van der Waals surface area contributed by atoms with Gasteiger partial charge in [0.1, 0.15) is 12.5 Å². The summed E-state index contributed by atoms with van der Waals surface area (Å²) in [6, 6.07) is 15.9. The summed E-state index contributed by atoms with van der Waals surface area (Å²) >= 11 is 0. The maximum atomic E-state index is 12.2. The topological polar surface area (TPSA) is 59.6 Å². The van der Waals surface area contributed by atoms with E-state index in [0.29, 0.717) is 0 Å². The van der Waals surface area contributed by atoms with Crippen LogP contribution in [0.3, 0.4) is 0 Å². The van der Waals surface area contributed by atoms with E-state index in [-0.39, 0.29) is 12.5 Å². The fourth-order valence-corrected chi connectivity index (χ4v) is 3.82. The average Bonchev–Trinajstić information content (AvgIpc) is 3.13. The molecule has 0 saturated carbocycles. The van der Waals surface area contributed by atoms with Crippen molar-refractivity contribution in [2.45, 2.75) is 25.5 Å². The van der Waals surface area contributed by atoms with E-state index in [9.17, 15) is 4.57 Å². The van der Waals surface area contributed by atoms with Gasteiger partial charge >= 0.3 is 8.25 Å². The highest BCUT2D eigenvalue weighted by atomic mass is 31.1. The smallest absolute Gasteiger partial charge is 0.287 e. The van der Waals surface area contributed by atoms with Crippen molar-refractivity contribution >= 4 is 8.25 Å². The van der Waals surface area contributed by atoms with Crippen LogP contribution in [0.2, 0.25) is 0 Å². The molecule has 0 radical (unpaired) electrons. The average molecular weight is 316 g/mol. The third kappa shape index (κ3) is 2.62. The summed E-state index contributed by atoms with van der Waals surface area (Å²) in [6.07, 6.45) is -0.724. The Balaban J connectivity index is 1.42. The Labute approximate surface area is 129 Å². The van der Waals surface area contributed by atoms with Crippen LogP contribution in [0, 0.1) is 0 Å². The Kier molecular flexibility index (Phi) is 3.82. The van der Waals surface area contributed by atoms with Gasteiger partial charge in [-0.15, -0.1) is 0 Å². The molecule has 0 fully saturated rings. The third-order valence-corrected chi connectivity index (χ3v) is 4.92. The van der Waals surface area contributed by atoms with Crippen LogP contribution in [0.15, 0.2) is 48.5 Å². The van der Waals surface area contributed by atoms with E-state index in [1.54, 1.807) is 0 Å². The molecule has 2 heterocycles. The lowest BCUT2D eigenvalue weighted by atomic mass is 10.1. The Morgan fingerprint density at radius 2 is 1.27 bits per heavy atom. The molecular weight excluding hydrogens is 299 g/mol. The molecule has 2 N–H and O–H groups in total. The van der Waals surface area contributed by atoms with E-state index in [1.165, 1.54) is 11.1 Å². The van der Waals surface area contributed by atoms with Crippen LogP contribution >= 0.6 is 8.25 Å². The van der Waals surface area contributed by atoms with Gasteiger partial charge in [0.25, 0.3) is 0 Å². The maximum absolute atomic E-state index is 12.2. The van der Waals surface area contributed by atoms with Gasteiger partial charge in [-0.05, 0) is 11.1 Å². The molecule has 2 unspecified atom stereocenters. The summed E-state index contributed by atoms with van der Waals surface area (Å²) in [4.78, 5) is 0. The van der Waals surface area contributed by atoms with E-state index < -0.39 is 8.25 Å². The molecule has 0 aliphatic carbocycles. The highest BCUT2D eigenvalue weighted by Gasteiger charge is 2.27. The lowest BCUT2D eigenvalue weighted by Crippen LogP contribution is -2.16. The van der Waals surface area contributed by atoms with Gasteiger partial charge < -0.3 is 0 Å². The van der Waals surface area contributed by atoms with Crippen molar-refractivity contribution < 1.29 is 13.6 Å². The number of benzene rings is 2. The molecule has 0 saturated heterocycles. The fourth-order valence-electron chi connectivity index (χ4n) is 2.96. The van der Waals surface area contributed by atoms with Gasteiger partial charge in [-0.1, -0.05) is 48.5 Å². The number of hydrogen-bond donors (Lipinski definition) is 2. The first-order chi connectivity index (χ1) is 10.8. The standard InChI is InChI=1S/C16H17N2O3P/c19-22(20-15-13-7-3-1-5-11(13)9-17-15)21-16-14-8-4-2-6-12(14)10-18-16/h1-8,15-18,22H,9-10H2. The zero-order chi connectivity index (χ0) is 14.9. The molecule has 2 aliphatic rings. The quantitative estimate of drug-likeness (QED) is 0.849. The second-order valence-electron chi connectivity index (χ2n) is 5.41. The first-order valence-electron chi connectivity index (χ1n) is 7.31. The van der Waals surface area contributed by atoms with Crippen molar-refractivity contribution in [2.24, 2.45) is 0 Å². The minimum absolute atomic E-state index is 0.362. The predicted octanol–water partition coefficient (Wildman–Crippen LogP) is 3.01. The van der Waals surface area contributed by atoms with Crippen LogP contribution in [-0.2, 0) is 26.7 Å². The summed E-state index contributed by atoms with van der Waals surface area (Å²) in [6.45, 7) is 1.45. The molecular formula is C16H17N2O3P. The number of rotatable bonds is 4. The van der Waals surface area contributed by atoms with Gasteiger partial charge in [-0.25, -0.2) is 0 Å². The van der Waals surface area contributed by atoms with Crippen molar-refractivity contribution in [3.63, 3.8) is 0 Å². The molecule has 2 aromatic carbocycles. The summed E-state index contributed by atoms with van der Waals surface area (Å²) in [5, 5.41) is 6.40. The van der Waals surface area contributed by atoms with Crippen LogP contribution in [-0.4, -0.2) is 0 Å². The molecule has 2 aromatic rings. The van der Waals surface area contributed by atoms with Gasteiger partial charge in [0.2, 0.25) is 0 Å². The normalized spacial score (nSPS) is 24.0. The van der Waals surface area contributed by atoms with Crippen LogP contribution in [0.1, 0.15) is 34.7 Å². The first kappa shape index (κ1) is 14.1. The predicted molar refractivity (Wildman–Crippen MR) is 83.2 cm³/mol. The SMILES string of the molecule is O=[PH](OC1NCc2ccccc21)OC1NCc2ccccc21. The van der Waals surface area contributed by atoms with E-state index in [1.807, 2.05) is 48.5 Å². The zero-order valence-corrected chi connectivity index (χ0v) is 12.9. The van der Waals surface area contributed by atoms with E-state index in [2.05, 4.69) is 10.6 Å². The van der Waals surface area contributed by atoms with Crippen LogP contribution in [0.5, 0.6) is 0 Å². The summed E-state index contributed by atoms with van der Waals surface area (Å²) in [5.41, 5.74) is 4.41. The minimum Gasteiger partial charge on any atom is -0.287 e. The molecule has 4 rings (SSSR count). The lowest BCUT2D eigenvalue weighted by molar-refractivity contribution is 0.107. The minimum atomic E-state index is -2.61. The number of fused-ring (bicyclic) bond motifs is 2. The molecule has 0 bridgehead atoms. The van der Waals surface area contributed by atoms with Gasteiger partial charge in [0.05, 0.1) is 0 Å². The molecule has 2 atom stereocenters. The first-order valence-corrected chi connectivity index (χ1v) is 8.53. The maximum Gasteiger partial charge on any atom is 0.322 e. The molecule has 114 valence electrons. The van der Waals surface area contributed by atoms with Crippen molar-refractivity contribution in [2.75, 3.05) is 0 Å². The molecule has 0 amide bonds. The molecule has 0 spiro atoms. The third-order valence-electron chi connectivity index (χ3n) is 4.06. The number of hydrogen-bond acceptors (Lipinski definition) is 5. The molecule has 22 heavy (non-hydrogen) atoms. The van der Waals surface area contributed by atoms with Crippen LogP contribution < -0.4 is 10.6 Å². The molecule has 6 heteroatoms. The van der Waals surface area contributed by atoms with E-state index in [4.69, 9.17) is 9.05 Å². The Morgan fingerprint density at radius 3 is 1.77 bits per heavy atom. The number of nitrogens with one attached hydrogen (secondary N) is 2. The van der Waals surface area contributed by atoms with Crippen molar-refractivity contribution in [3.05, 3.63) is 70.8 Å². The summed E-state index contributed by atoms with van der Waals surface area (Å²) in [7, 11) is -2.61. The zero-order valence-electron chi connectivity index (χ0n) is 11.9. The van der Waals surface area contributed by atoms with E-state index >= 15 is 0 Å². The molecule has 5 nitrogen and oxygen atoms in total. The van der Waals surface area contributed by atoms with Gasteiger partial charge in [-0.2, -0.15) is 0 Å². The van der Waals surface area contributed by atoms with Crippen molar-refractivity contribution in [1.82, 2.24) is 10.6 Å². The van der Waals surface area contributed by atoms with Crippen molar-refractivity contribution in [1.29, 1.82) is 0 Å². The molecule has 0 aromatic heterocycles. The Hall–Kier alpha value is -1.49. The molecule has 2 aliphatic heterocycles. The fraction of sp³-hybridized carbons (Fsp3) is 0.250. The Morgan fingerprint density at radius 1 is 0.818 bits per heavy atom. The summed E-state index contributed by atoms with van der Waals surface area (Å²) < 4.78 is 23.4. The monoisotopic (exact) mass is 316 g/mol. The largest absolute Gasteiger partial charge is 0.322 e. The van der Waals surface area contributed by atoms with Gasteiger partial charge in [-0.3, -0.25) is 24.2 Å². The van der Waals surface area contributed by atoms with Crippen LogP contribution in [0.25, 0.3) is 0 Å². The van der Waals surface area contributed by atoms with Crippen LogP contribution in [0.4, 0.5) is 0 Å². The highest BCUT2D eigenvalue weighted by Crippen LogP contribution is 2.40. The lowest BCUT2D eigenvalue weighted by Gasteiger charge is -2.17. The second kappa shape index (κ2) is 5.95. The second-order valence-corrected chi connectivity index (χ2v) is 6.38. The van der Waals surface area contributed by atoms with Gasteiger partial charge in [0, 0.05) is 24.2 Å². The summed E-state index contributed by atoms with van der Waals surface area (Å²) in [5.74, 6) is 0. The highest BCUT2D eigenvalue weighted by molar-refractivity contribution is 7.33.